The fraction of sp³-hybridized carbons (Fsp3) is 0.286. The Kier molecular flexibility index (Phi) is 5.72. The lowest BCUT2D eigenvalue weighted by Gasteiger charge is -2.14. The van der Waals surface area contributed by atoms with Gasteiger partial charge in [-0.1, -0.05) is 45.0 Å². The molecular formula is C21H21ClFN5O2. The van der Waals surface area contributed by atoms with Crippen LogP contribution in [0.4, 0.5) is 10.2 Å². The highest BCUT2D eigenvalue weighted by molar-refractivity contribution is 6.31. The lowest BCUT2D eigenvalue weighted by molar-refractivity contribution is -0.115. The van der Waals surface area contributed by atoms with Gasteiger partial charge in [0, 0.05) is 22.1 Å². The van der Waals surface area contributed by atoms with E-state index < -0.39 is 17.6 Å². The minimum absolute atomic E-state index is 0.0135. The summed E-state index contributed by atoms with van der Waals surface area (Å²) in [5.74, 6) is -1.33. The molecule has 0 bridgehead atoms. The van der Waals surface area contributed by atoms with Crippen LogP contribution < -0.4 is 5.32 Å². The van der Waals surface area contributed by atoms with Gasteiger partial charge in [0.15, 0.2) is 0 Å². The van der Waals surface area contributed by atoms with Gasteiger partial charge in [-0.15, -0.1) is 0 Å². The van der Waals surface area contributed by atoms with Crippen molar-refractivity contribution in [3.05, 3.63) is 58.5 Å². The first-order valence-electron chi connectivity index (χ1n) is 9.18. The minimum Gasteiger partial charge on any atom is -0.310 e. The molecule has 1 N–H and O–H groups in total. The number of aromatic nitrogens is 2. The summed E-state index contributed by atoms with van der Waals surface area (Å²) in [6.07, 6.45) is -0.272. The number of anilines is 1. The van der Waals surface area contributed by atoms with Gasteiger partial charge >= 0.3 is 0 Å². The van der Waals surface area contributed by atoms with E-state index in [1.54, 1.807) is 13.0 Å². The molecule has 1 aliphatic rings. The molecule has 2 aromatic rings. The molecule has 7 nitrogen and oxygen atoms in total. The third-order valence-electron chi connectivity index (χ3n) is 4.50. The van der Waals surface area contributed by atoms with Gasteiger partial charge in [0.25, 0.3) is 11.9 Å². The van der Waals surface area contributed by atoms with Crippen LogP contribution >= 0.6 is 11.6 Å². The summed E-state index contributed by atoms with van der Waals surface area (Å²) in [5, 5.41) is 7.33. The standard InChI is InChI=1S/C21H21ClFN5O2/c1-11-12(2)24-20(26-19(11)30)28-17(10-16(27-28)21(3,4)5)25-18(29)9-13-14(22)7-6-8-15(13)23/h6-8,10H,1,9H2,2-5H3,(H,25,29). The lowest BCUT2D eigenvalue weighted by Crippen LogP contribution is -2.26. The third-order valence-corrected chi connectivity index (χ3v) is 4.85. The molecule has 1 aliphatic heterocycles. The molecule has 0 radical (unpaired) electrons. The largest absolute Gasteiger partial charge is 0.310 e. The van der Waals surface area contributed by atoms with Crippen LogP contribution in [0.25, 0.3) is 0 Å². The molecule has 0 aliphatic carbocycles. The third kappa shape index (κ3) is 4.38. The number of carbonyl (C=O) groups excluding carboxylic acids is 2. The fourth-order valence-corrected chi connectivity index (χ4v) is 2.92. The van der Waals surface area contributed by atoms with Crippen LogP contribution in [0, 0.1) is 5.82 Å². The smallest absolute Gasteiger partial charge is 0.281 e. The first-order chi connectivity index (χ1) is 14.0. The van der Waals surface area contributed by atoms with Crippen LogP contribution in [-0.4, -0.2) is 33.3 Å². The van der Waals surface area contributed by atoms with Crippen molar-refractivity contribution in [1.82, 2.24) is 9.78 Å². The number of amides is 2. The minimum atomic E-state index is -0.567. The van der Waals surface area contributed by atoms with Crippen molar-refractivity contribution in [2.24, 2.45) is 9.98 Å². The van der Waals surface area contributed by atoms with Gasteiger partial charge in [-0.3, -0.25) is 9.59 Å². The van der Waals surface area contributed by atoms with Crippen LogP contribution in [0.2, 0.25) is 5.02 Å². The van der Waals surface area contributed by atoms with Crippen molar-refractivity contribution in [3.8, 4) is 0 Å². The number of benzene rings is 1. The molecule has 30 heavy (non-hydrogen) atoms. The van der Waals surface area contributed by atoms with Gasteiger partial charge in [-0.05, 0) is 19.1 Å². The van der Waals surface area contributed by atoms with E-state index in [4.69, 9.17) is 11.6 Å². The van der Waals surface area contributed by atoms with E-state index in [9.17, 15) is 14.0 Å². The number of rotatable bonds is 3. The predicted molar refractivity (Wildman–Crippen MR) is 115 cm³/mol. The van der Waals surface area contributed by atoms with Gasteiger partial charge in [0.05, 0.1) is 23.4 Å². The first kappa shape index (κ1) is 21.6. The monoisotopic (exact) mass is 429 g/mol. The molecule has 0 spiro atoms. The number of nitrogens with zero attached hydrogens (tertiary/aromatic N) is 4. The molecule has 2 amide bonds. The van der Waals surface area contributed by atoms with Crippen LogP contribution in [-0.2, 0) is 21.4 Å². The summed E-state index contributed by atoms with van der Waals surface area (Å²) in [6.45, 7) is 11.1. The molecule has 3 rings (SSSR count). The number of hydrogen-bond acceptors (Lipinski definition) is 4. The van der Waals surface area contributed by atoms with E-state index in [0.29, 0.717) is 11.4 Å². The van der Waals surface area contributed by atoms with E-state index in [1.165, 1.54) is 22.9 Å². The highest BCUT2D eigenvalue weighted by Gasteiger charge is 2.26. The van der Waals surface area contributed by atoms with Gasteiger partial charge in [0.1, 0.15) is 11.6 Å². The molecule has 2 heterocycles. The lowest BCUT2D eigenvalue weighted by atomic mass is 9.92. The summed E-state index contributed by atoms with van der Waals surface area (Å²) in [5.41, 5.74) is 0.999. The summed E-state index contributed by atoms with van der Waals surface area (Å²) < 4.78 is 15.3. The first-order valence-corrected chi connectivity index (χ1v) is 9.56. The average molecular weight is 430 g/mol. The molecule has 0 saturated heterocycles. The number of halogens is 2. The van der Waals surface area contributed by atoms with E-state index in [1.807, 2.05) is 20.8 Å². The van der Waals surface area contributed by atoms with E-state index in [2.05, 4.69) is 27.0 Å². The molecule has 9 heteroatoms. The number of aliphatic imine (C=N–C) groups is 2. The molecule has 0 saturated carbocycles. The normalized spacial score (nSPS) is 14.5. The Morgan fingerprint density at radius 3 is 2.60 bits per heavy atom. The maximum Gasteiger partial charge on any atom is 0.281 e. The van der Waals surface area contributed by atoms with Crippen molar-refractivity contribution in [1.29, 1.82) is 0 Å². The second kappa shape index (κ2) is 7.95. The van der Waals surface area contributed by atoms with Crippen LogP contribution in [0.1, 0.15) is 39.0 Å². The summed E-state index contributed by atoms with van der Waals surface area (Å²) >= 11 is 6.02. The SMILES string of the molecule is C=C1C(=O)N=C(n2nc(C(C)(C)C)cc2NC(=O)Cc2c(F)cccc2Cl)N=C1C. The molecule has 156 valence electrons. The zero-order chi connectivity index (χ0) is 22.2. The quantitative estimate of drug-likeness (QED) is 0.750. The molecule has 0 unspecified atom stereocenters. The Morgan fingerprint density at radius 2 is 2.00 bits per heavy atom. The van der Waals surface area contributed by atoms with E-state index in [0.717, 1.165) is 0 Å². The van der Waals surface area contributed by atoms with Gasteiger partial charge in [-0.2, -0.15) is 14.8 Å². The molecule has 1 aromatic heterocycles. The van der Waals surface area contributed by atoms with Crippen molar-refractivity contribution >= 4 is 40.9 Å². The van der Waals surface area contributed by atoms with Gasteiger partial charge < -0.3 is 5.32 Å². The molecule has 0 atom stereocenters. The Morgan fingerprint density at radius 1 is 1.30 bits per heavy atom. The number of nitrogens with one attached hydrogen (secondary N) is 1. The zero-order valence-corrected chi connectivity index (χ0v) is 17.8. The molecule has 1 aromatic carbocycles. The van der Waals surface area contributed by atoms with Crippen molar-refractivity contribution in [2.75, 3.05) is 5.32 Å². The van der Waals surface area contributed by atoms with Gasteiger partial charge in [0.2, 0.25) is 5.91 Å². The molecular weight excluding hydrogens is 409 g/mol. The fourth-order valence-electron chi connectivity index (χ4n) is 2.69. The second-order valence-corrected chi connectivity index (χ2v) is 8.30. The Labute approximate surface area is 178 Å². The maximum absolute atomic E-state index is 14.0. The molecule has 0 fully saturated rings. The summed E-state index contributed by atoms with van der Waals surface area (Å²) in [7, 11) is 0. The Bertz CT molecular complexity index is 1100. The van der Waals surface area contributed by atoms with Crippen LogP contribution in [0.3, 0.4) is 0 Å². The topological polar surface area (TPSA) is 88.7 Å². The van der Waals surface area contributed by atoms with Gasteiger partial charge in [-0.25, -0.2) is 9.38 Å². The highest BCUT2D eigenvalue weighted by atomic mass is 35.5. The summed E-state index contributed by atoms with van der Waals surface area (Å²) in [4.78, 5) is 32.9. The van der Waals surface area contributed by atoms with Crippen molar-refractivity contribution in [2.45, 2.75) is 39.5 Å². The van der Waals surface area contributed by atoms with Crippen LogP contribution in [0.15, 0.2) is 46.4 Å². The number of carbonyl (C=O) groups is 2. The summed E-state index contributed by atoms with van der Waals surface area (Å²) in [6, 6.07) is 5.89. The maximum atomic E-state index is 14.0. The average Bonchev–Trinajstić information content (AvgIpc) is 3.06. The van der Waals surface area contributed by atoms with Crippen LogP contribution in [0.5, 0.6) is 0 Å². The Hall–Kier alpha value is -3.13. The second-order valence-electron chi connectivity index (χ2n) is 7.89. The number of hydrogen-bond donors (Lipinski definition) is 1. The van der Waals surface area contributed by atoms with Crippen molar-refractivity contribution in [3.63, 3.8) is 0 Å². The zero-order valence-electron chi connectivity index (χ0n) is 17.1. The van der Waals surface area contributed by atoms with Crippen molar-refractivity contribution < 1.29 is 14.0 Å². The Balaban J connectivity index is 1.97. The highest BCUT2D eigenvalue weighted by Crippen LogP contribution is 2.26. The predicted octanol–water partition coefficient (Wildman–Crippen LogP) is 3.92. The van der Waals surface area contributed by atoms with E-state index in [-0.39, 0.29) is 39.8 Å². The van der Waals surface area contributed by atoms with E-state index >= 15 is 0 Å².